The van der Waals surface area contributed by atoms with Crippen molar-refractivity contribution in [2.24, 2.45) is 0 Å². The lowest BCUT2D eigenvalue weighted by Gasteiger charge is -2.33. The Hall–Kier alpha value is -3.03. The minimum atomic E-state index is -3.40. The van der Waals surface area contributed by atoms with Crippen LogP contribution in [0.4, 0.5) is 0 Å². The first kappa shape index (κ1) is 20.3. The number of hydrogen-bond donors (Lipinski definition) is 0. The first-order chi connectivity index (χ1) is 14.5. The number of amides is 1. The maximum atomic E-state index is 12.7. The largest absolute Gasteiger partial charge is 0.337 e. The van der Waals surface area contributed by atoms with E-state index in [0.717, 1.165) is 22.0 Å². The second-order valence-electron chi connectivity index (χ2n) is 7.22. The fourth-order valence-electron chi connectivity index (χ4n) is 3.59. The number of carbonyl (C=O) groups excluding carboxylic acids is 1. The highest BCUT2D eigenvalue weighted by atomic mass is 32.2. The van der Waals surface area contributed by atoms with Gasteiger partial charge in [-0.2, -0.15) is 4.31 Å². The van der Waals surface area contributed by atoms with Gasteiger partial charge in [0.1, 0.15) is 0 Å². The van der Waals surface area contributed by atoms with Gasteiger partial charge in [0.15, 0.2) is 0 Å². The Labute approximate surface area is 176 Å². The molecule has 6 nitrogen and oxygen atoms in total. The molecule has 2 aromatic carbocycles. The molecular formula is C23H23N3O3S. The molecule has 1 fully saturated rings. The van der Waals surface area contributed by atoms with Crippen molar-refractivity contribution < 1.29 is 13.2 Å². The van der Waals surface area contributed by atoms with Gasteiger partial charge in [0, 0.05) is 49.4 Å². The van der Waals surface area contributed by atoms with Crippen molar-refractivity contribution in [3.63, 3.8) is 0 Å². The van der Waals surface area contributed by atoms with Gasteiger partial charge in [0.25, 0.3) is 0 Å². The Kier molecular flexibility index (Phi) is 5.92. The average Bonchev–Trinajstić information content (AvgIpc) is 2.78. The number of hydrogen-bond acceptors (Lipinski definition) is 4. The van der Waals surface area contributed by atoms with E-state index in [0.29, 0.717) is 26.2 Å². The number of para-hydroxylation sites is 1. The molecule has 2 heterocycles. The molecule has 0 atom stereocenters. The van der Waals surface area contributed by atoms with E-state index in [1.807, 2.05) is 60.7 Å². The van der Waals surface area contributed by atoms with Crippen LogP contribution in [-0.4, -0.2) is 54.7 Å². The fraction of sp³-hybridized carbons (Fsp3) is 0.217. The average molecular weight is 422 g/mol. The van der Waals surface area contributed by atoms with Crippen LogP contribution in [0.5, 0.6) is 0 Å². The molecule has 30 heavy (non-hydrogen) atoms. The summed E-state index contributed by atoms with van der Waals surface area (Å²) in [5.41, 5.74) is 2.49. The first-order valence-corrected chi connectivity index (χ1v) is 11.5. The molecule has 1 aliphatic rings. The molecule has 0 bridgehead atoms. The van der Waals surface area contributed by atoms with Gasteiger partial charge in [-0.1, -0.05) is 54.6 Å². The molecule has 0 saturated carbocycles. The zero-order valence-corrected chi connectivity index (χ0v) is 17.3. The van der Waals surface area contributed by atoms with Crippen LogP contribution in [0.2, 0.25) is 0 Å². The number of piperazine rings is 1. The minimum absolute atomic E-state index is 0.0181. The summed E-state index contributed by atoms with van der Waals surface area (Å²) in [6.45, 7) is 1.38. The number of sulfonamides is 1. The molecule has 1 amide bonds. The number of rotatable bonds is 5. The first-order valence-electron chi connectivity index (χ1n) is 9.85. The second kappa shape index (κ2) is 8.77. The molecule has 154 valence electrons. The molecule has 7 heteroatoms. The van der Waals surface area contributed by atoms with Gasteiger partial charge in [0.05, 0.1) is 11.3 Å². The van der Waals surface area contributed by atoms with E-state index in [-0.39, 0.29) is 11.7 Å². The van der Waals surface area contributed by atoms with Crippen molar-refractivity contribution in [1.82, 2.24) is 14.2 Å². The van der Waals surface area contributed by atoms with Gasteiger partial charge in [-0.3, -0.25) is 9.78 Å². The van der Waals surface area contributed by atoms with Crippen molar-refractivity contribution in [2.75, 3.05) is 26.2 Å². The van der Waals surface area contributed by atoms with Crippen molar-refractivity contribution in [3.05, 3.63) is 84.1 Å². The normalized spacial score (nSPS) is 15.7. The summed E-state index contributed by atoms with van der Waals surface area (Å²) in [5, 5.41) is 1.02. The van der Waals surface area contributed by atoms with E-state index in [1.165, 1.54) is 10.4 Å². The van der Waals surface area contributed by atoms with Crippen LogP contribution in [-0.2, 0) is 20.6 Å². The summed E-state index contributed by atoms with van der Waals surface area (Å²) < 4.78 is 26.8. The maximum absolute atomic E-state index is 12.7. The molecule has 4 rings (SSSR count). The van der Waals surface area contributed by atoms with Gasteiger partial charge in [-0.25, -0.2) is 8.42 Å². The summed E-state index contributed by atoms with van der Waals surface area (Å²) in [7, 11) is -3.40. The summed E-state index contributed by atoms with van der Waals surface area (Å²) in [4.78, 5) is 18.7. The number of benzene rings is 2. The number of fused-ring (bicyclic) bond motifs is 1. The van der Waals surface area contributed by atoms with E-state index < -0.39 is 10.0 Å². The van der Waals surface area contributed by atoms with Crippen LogP contribution in [0, 0.1) is 0 Å². The zero-order chi connectivity index (χ0) is 21.0. The fourth-order valence-corrected chi connectivity index (χ4v) is 5.11. The van der Waals surface area contributed by atoms with Crippen molar-refractivity contribution in [2.45, 2.75) is 5.75 Å². The molecule has 1 aromatic heterocycles. The Balaban J connectivity index is 1.38. The predicted octanol–water partition coefficient (Wildman–Crippen LogP) is 2.92. The smallest absolute Gasteiger partial charge is 0.246 e. The van der Waals surface area contributed by atoms with Crippen LogP contribution in [0.3, 0.4) is 0 Å². The van der Waals surface area contributed by atoms with E-state index in [2.05, 4.69) is 4.98 Å². The number of pyridine rings is 1. The summed E-state index contributed by atoms with van der Waals surface area (Å²) in [6.07, 6.45) is 5.05. The highest BCUT2D eigenvalue weighted by Gasteiger charge is 2.28. The van der Waals surface area contributed by atoms with Crippen LogP contribution in [0.15, 0.2) is 72.9 Å². The van der Waals surface area contributed by atoms with E-state index in [1.54, 1.807) is 17.2 Å². The topological polar surface area (TPSA) is 70.6 Å². The van der Waals surface area contributed by atoms with Crippen LogP contribution in [0.1, 0.15) is 11.1 Å². The third-order valence-electron chi connectivity index (χ3n) is 5.20. The minimum Gasteiger partial charge on any atom is -0.337 e. The molecule has 3 aromatic rings. The van der Waals surface area contributed by atoms with Crippen LogP contribution >= 0.6 is 0 Å². The van der Waals surface area contributed by atoms with Gasteiger partial charge >= 0.3 is 0 Å². The zero-order valence-electron chi connectivity index (χ0n) is 16.5. The third kappa shape index (κ3) is 4.58. The molecule has 0 unspecified atom stereocenters. The highest BCUT2D eigenvalue weighted by molar-refractivity contribution is 7.88. The van der Waals surface area contributed by atoms with Crippen LogP contribution in [0.25, 0.3) is 17.0 Å². The molecule has 0 radical (unpaired) electrons. The SMILES string of the molecule is O=C(/C=C/c1cccc2cccnc12)N1CCN(S(=O)(=O)Cc2ccccc2)CC1. The van der Waals surface area contributed by atoms with E-state index in [9.17, 15) is 13.2 Å². The molecule has 0 N–H and O–H groups in total. The Morgan fingerprint density at radius 2 is 1.67 bits per heavy atom. The molecule has 1 saturated heterocycles. The maximum Gasteiger partial charge on any atom is 0.246 e. The Morgan fingerprint density at radius 1 is 0.933 bits per heavy atom. The summed E-state index contributed by atoms with van der Waals surface area (Å²) in [5.74, 6) is -0.140. The third-order valence-corrected chi connectivity index (χ3v) is 7.06. The molecule has 0 spiro atoms. The highest BCUT2D eigenvalue weighted by Crippen LogP contribution is 2.18. The number of nitrogens with zero attached hydrogens (tertiary/aromatic N) is 3. The predicted molar refractivity (Wildman–Crippen MR) is 118 cm³/mol. The lowest BCUT2D eigenvalue weighted by Crippen LogP contribution is -2.50. The molecule has 1 aliphatic heterocycles. The van der Waals surface area contributed by atoms with Crippen LogP contribution < -0.4 is 0 Å². The van der Waals surface area contributed by atoms with E-state index in [4.69, 9.17) is 0 Å². The summed E-state index contributed by atoms with van der Waals surface area (Å²) in [6, 6.07) is 18.9. The molecular weight excluding hydrogens is 398 g/mol. The lowest BCUT2D eigenvalue weighted by atomic mass is 10.1. The van der Waals surface area contributed by atoms with Gasteiger partial charge in [0.2, 0.25) is 15.9 Å². The van der Waals surface area contributed by atoms with Crippen molar-refractivity contribution in [1.29, 1.82) is 0 Å². The second-order valence-corrected chi connectivity index (χ2v) is 9.19. The summed E-state index contributed by atoms with van der Waals surface area (Å²) >= 11 is 0. The lowest BCUT2D eigenvalue weighted by molar-refractivity contribution is -0.127. The quantitative estimate of drug-likeness (QED) is 0.594. The number of carbonyl (C=O) groups is 1. The van der Waals surface area contributed by atoms with Gasteiger partial charge in [-0.15, -0.1) is 0 Å². The molecule has 0 aliphatic carbocycles. The monoisotopic (exact) mass is 421 g/mol. The van der Waals surface area contributed by atoms with Crippen molar-refractivity contribution in [3.8, 4) is 0 Å². The standard InChI is InChI=1S/C23H23N3O3S/c27-22(12-11-21-9-4-8-20-10-5-13-24-23(20)21)25-14-16-26(17-15-25)30(28,29)18-19-6-2-1-3-7-19/h1-13H,14-18H2/b12-11+. The Bertz CT molecular complexity index is 1160. The van der Waals surface area contributed by atoms with E-state index >= 15 is 0 Å². The van der Waals surface area contributed by atoms with Crippen molar-refractivity contribution >= 4 is 32.9 Å². The van der Waals surface area contributed by atoms with Gasteiger partial charge in [-0.05, 0) is 17.7 Å². The Morgan fingerprint density at radius 3 is 2.43 bits per heavy atom. The van der Waals surface area contributed by atoms with Gasteiger partial charge < -0.3 is 4.90 Å². The number of aromatic nitrogens is 1.